The smallest absolute Gasteiger partial charge is 0.207 e. The van der Waals surface area contributed by atoms with Gasteiger partial charge in [0, 0.05) is 24.3 Å². The quantitative estimate of drug-likeness (QED) is 0.779. The standard InChI is InChI=1S/C17H16Cl2N4S/c1-22(15-8-3-2-7-14(15)19)16-20-9-10-23(16)17(24)21-13-6-4-5-12(18)11-13/h2-8,11H,9-10H2,1H3,(H,21,24). The maximum atomic E-state index is 6.29. The van der Waals surface area contributed by atoms with E-state index in [0.29, 0.717) is 21.7 Å². The van der Waals surface area contributed by atoms with Gasteiger partial charge in [-0.25, -0.2) is 0 Å². The first-order chi connectivity index (χ1) is 11.6. The van der Waals surface area contributed by atoms with E-state index in [4.69, 9.17) is 35.4 Å². The SMILES string of the molecule is CN(C1=NCCN1C(=S)Nc1cccc(Cl)c1)c1ccccc1Cl. The van der Waals surface area contributed by atoms with Gasteiger partial charge < -0.3 is 10.2 Å². The number of guanidine groups is 1. The lowest BCUT2D eigenvalue weighted by Gasteiger charge is -2.29. The molecular formula is C17H16Cl2N4S. The summed E-state index contributed by atoms with van der Waals surface area (Å²) in [4.78, 5) is 8.47. The van der Waals surface area contributed by atoms with E-state index < -0.39 is 0 Å². The van der Waals surface area contributed by atoms with Gasteiger partial charge in [-0.15, -0.1) is 0 Å². The lowest BCUT2D eigenvalue weighted by atomic mass is 10.3. The van der Waals surface area contributed by atoms with Crippen LogP contribution in [0.25, 0.3) is 0 Å². The van der Waals surface area contributed by atoms with Crippen molar-refractivity contribution in [2.75, 3.05) is 30.4 Å². The molecule has 0 bridgehead atoms. The topological polar surface area (TPSA) is 30.9 Å². The molecule has 4 nitrogen and oxygen atoms in total. The molecule has 0 spiro atoms. The Morgan fingerprint density at radius 1 is 1.21 bits per heavy atom. The molecule has 0 aromatic heterocycles. The van der Waals surface area contributed by atoms with Crippen molar-refractivity contribution in [2.24, 2.45) is 4.99 Å². The van der Waals surface area contributed by atoms with Crippen molar-refractivity contribution in [3.8, 4) is 0 Å². The first-order valence-corrected chi connectivity index (χ1v) is 8.59. The number of benzene rings is 2. The van der Waals surface area contributed by atoms with E-state index in [1.165, 1.54) is 0 Å². The number of aliphatic imine (C=N–C) groups is 1. The Balaban J connectivity index is 1.78. The summed E-state index contributed by atoms with van der Waals surface area (Å²) in [5.74, 6) is 0.766. The zero-order valence-electron chi connectivity index (χ0n) is 13.0. The van der Waals surface area contributed by atoms with E-state index in [0.717, 1.165) is 23.9 Å². The van der Waals surface area contributed by atoms with Crippen molar-refractivity contribution in [3.63, 3.8) is 0 Å². The largest absolute Gasteiger partial charge is 0.332 e. The fourth-order valence-corrected chi connectivity index (χ4v) is 3.25. The van der Waals surface area contributed by atoms with Crippen LogP contribution in [0.4, 0.5) is 11.4 Å². The Labute approximate surface area is 156 Å². The van der Waals surface area contributed by atoms with Crippen LogP contribution in [0, 0.1) is 0 Å². The molecule has 0 aliphatic carbocycles. The summed E-state index contributed by atoms with van der Waals surface area (Å²) in [5.41, 5.74) is 1.73. The minimum Gasteiger partial charge on any atom is -0.332 e. The monoisotopic (exact) mass is 378 g/mol. The minimum atomic E-state index is 0.576. The molecule has 1 heterocycles. The average molecular weight is 379 g/mol. The maximum Gasteiger partial charge on any atom is 0.207 e. The van der Waals surface area contributed by atoms with Gasteiger partial charge in [0.2, 0.25) is 5.96 Å². The molecule has 2 aromatic carbocycles. The van der Waals surface area contributed by atoms with Crippen molar-refractivity contribution in [2.45, 2.75) is 0 Å². The van der Waals surface area contributed by atoms with E-state index >= 15 is 0 Å². The molecule has 0 saturated heterocycles. The average Bonchev–Trinajstić information content (AvgIpc) is 3.04. The second-order valence-corrected chi connectivity index (χ2v) is 6.51. The van der Waals surface area contributed by atoms with Crippen LogP contribution >= 0.6 is 35.4 Å². The summed E-state index contributed by atoms with van der Waals surface area (Å²) in [6.45, 7) is 1.40. The van der Waals surface area contributed by atoms with Gasteiger partial charge in [0.15, 0.2) is 5.11 Å². The van der Waals surface area contributed by atoms with Gasteiger partial charge in [-0.2, -0.15) is 0 Å². The van der Waals surface area contributed by atoms with E-state index in [9.17, 15) is 0 Å². The molecular weight excluding hydrogens is 363 g/mol. The third-order valence-corrected chi connectivity index (χ3v) is 4.53. The summed E-state index contributed by atoms with van der Waals surface area (Å²) in [6, 6.07) is 15.1. The molecule has 0 saturated carbocycles. The summed E-state index contributed by atoms with van der Waals surface area (Å²) in [5, 5.41) is 5.11. The molecule has 1 aliphatic rings. The molecule has 1 aliphatic heterocycles. The number of anilines is 2. The van der Waals surface area contributed by atoms with Gasteiger partial charge in [0.1, 0.15) is 0 Å². The molecule has 1 N–H and O–H groups in total. The van der Waals surface area contributed by atoms with Crippen molar-refractivity contribution in [1.82, 2.24) is 4.90 Å². The molecule has 24 heavy (non-hydrogen) atoms. The Kier molecular flexibility index (Phi) is 5.23. The third-order valence-electron chi connectivity index (χ3n) is 3.65. The second-order valence-electron chi connectivity index (χ2n) is 5.28. The van der Waals surface area contributed by atoms with Gasteiger partial charge in [0.25, 0.3) is 0 Å². The normalized spacial score (nSPS) is 13.6. The summed E-state index contributed by atoms with van der Waals surface area (Å²) < 4.78 is 0. The van der Waals surface area contributed by atoms with E-state index in [2.05, 4.69) is 10.3 Å². The fourth-order valence-electron chi connectivity index (χ4n) is 2.50. The highest BCUT2D eigenvalue weighted by Crippen LogP contribution is 2.26. The Morgan fingerprint density at radius 2 is 2.00 bits per heavy atom. The van der Waals surface area contributed by atoms with Crippen molar-refractivity contribution >= 4 is 57.9 Å². The molecule has 0 amide bonds. The number of nitrogens with one attached hydrogen (secondary N) is 1. The van der Waals surface area contributed by atoms with Crippen LogP contribution in [0.1, 0.15) is 0 Å². The Hall–Kier alpha value is -1.82. The van der Waals surface area contributed by atoms with Crippen LogP contribution in [-0.2, 0) is 0 Å². The molecule has 124 valence electrons. The molecule has 0 atom stereocenters. The van der Waals surface area contributed by atoms with Gasteiger partial charge in [-0.1, -0.05) is 41.4 Å². The Bertz CT molecular complexity index is 794. The van der Waals surface area contributed by atoms with Gasteiger partial charge in [0.05, 0.1) is 17.3 Å². The Morgan fingerprint density at radius 3 is 2.75 bits per heavy atom. The van der Waals surface area contributed by atoms with Crippen molar-refractivity contribution in [3.05, 3.63) is 58.6 Å². The van der Waals surface area contributed by atoms with E-state index in [-0.39, 0.29) is 0 Å². The summed E-state index contributed by atoms with van der Waals surface area (Å²) in [7, 11) is 1.93. The van der Waals surface area contributed by atoms with Gasteiger partial charge in [-0.05, 0) is 42.5 Å². The predicted octanol–water partition coefficient (Wildman–Crippen LogP) is 4.50. The second kappa shape index (κ2) is 7.38. The van der Waals surface area contributed by atoms with Crippen molar-refractivity contribution in [1.29, 1.82) is 0 Å². The number of hydrogen-bond donors (Lipinski definition) is 1. The molecule has 2 aromatic rings. The third kappa shape index (κ3) is 3.64. The highest BCUT2D eigenvalue weighted by Gasteiger charge is 2.25. The molecule has 7 heteroatoms. The van der Waals surface area contributed by atoms with Crippen molar-refractivity contribution < 1.29 is 0 Å². The summed E-state index contributed by atoms with van der Waals surface area (Å²) in [6.07, 6.45) is 0. The number of nitrogens with zero attached hydrogens (tertiary/aromatic N) is 3. The van der Waals surface area contributed by atoms with Gasteiger partial charge >= 0.3 is 0 Å². The number of rotatable bonds is 2. The van der Waals surface area contributed by atoms with Crippen LogP contribution in [0.2, 0.25) is 10.0 Å². The lowest BCUT2D eigenvalue weighted by Crippen LogP contribution is -2.45. The first-order valence-electron chi connectivity index (χ1n) is 7.43. The first kappa shape index (κ1) is 17.0. The van der Waals surface area contributed by atoms with Crippen LogP contribution in [0.15, 0.2) is 53.5 Å². The number of halogens is 2. The molecule has 0 fully saturated rings. The zero-order chi connectivity index (χ0) is 17.1. The molecule has 0 unspecified atom stereocenters. The van der Waals surface area contributed by atoms with Crippen LogP contribution < -0.4 is 10.2 Å². The highest BCUT2D eigenvalue weighted by molar-refractivity contribution is 7.80. The number of para-hydroxylation sites is 1. The van der Waals surface area contributed by atoms with Crippen LogP contribution in [-0.4, -0.2) is 36.1 Å². The van der Waals surface area contributed by atoms with Crippen LogP contribution in [0.5, 0.6) is 0 Å². The van der Waals surface area contributed by atoms with E-state index in [1.807, 2.05) is 65.4 Å². The highest BCUT2D eigenvalue weighted by atomic mass is 35.5. The fraction of sp³-hybridized carbons (Fsp3) is 0.176. The lowest BCUT2D eigenvalue weighted by molar-refractivity contribution is 0.665. The van der Waals surface area contributed by atoms with Gasteiger partial charge in [-0.3, -0.25) is 9.89 Å². The number of hydrogen-bond acceptors (Lipinski definition) is 3. The maximum absolute atomic E-state index is 6.29. The number of thiocarbonyl (C=S) groups is 1. The van der Waals surface area contributed by atoms with Crippen LogP contribution in [0.3, 0.4) is 0 Å². The molecule has 0 radical (unpaired) electrons. The minimum absolute atomic E-state index is 0.576. The zero-order valence-corrected chi connectivity index (χ0v) is 15.4. The molecule has 3 rings (SSSR count). The predicted molar refractivity (Wildman–Crippen MR) is 107 cm³/mol. The van der Waals surface area contributed by atoms with E-state index in [1.54, 1.807) is 0 Å². The summed E-state index contributed by atoms with van der Waals surface area (Å²) >= 11 is 17.9.